The van der Waals surface area contributed by atoms with E-state index in [1.54, 1.807) is 18.2 Å². The van der Waals surface area contributed by atoms with Crippen molar-refractivity contribution in [3.05, 3.63) is 52.4 Å². The zero-order chi connectivity index (χ0) is 19.7. The molecule has 1 heterocycles. The third-order valence-electron chi connectivity index (χ3n) is 4.77. The van der Waals surface area contributed by atoms with Gasteiger partial charge in [-0.05, 0) is 43.0 Å². The molecule has 1 aliphatic carbocycles. The molecule has 0 saturated carbocycles. The maximum atomic E-state index is 12.0. The molecule has 0 amide bonds. The number of hydrogen-bond acceptors (Lipinski definition) is 7. The molecule has 8 heteroatoms. The Morgan fingerprint density at radius 2 is 2.18 bits per heavy atom. The van der Waals surface area contributed by atoms with Gasteiger partial charge in [0.15, 0.2) is 7.11 Å². The fourth-order valence-electron chi connectivity index (χ4n) is 3.46. The topological polar surface area (TPSA) is 97.7 Å². The summed E-state index contributed by atoms with van der Waals surface area (Å²) < 4.78 is 10.9. The van der Waals surface area contributed by atoms with E-state index in [2.05, 4.69) is 10.1 Å². The van der Waals surface area contributed by atoms with Gasteiger partial charge in [0.1, 0.15) is 0 Å². The summed E-state index contributed by atoms with van der Waals surface area (Å²) in [6.07, 6.45) is 1.00. The van der Waals surface area contributed by atoms with E-state index in [1.165, 1.54) is 7.11 Å². The third-order valence-corrected chi connectivity index (χ3v) is 4.77. The Hall–Kier alpha value is -3.26. The van der Waals surface area contributed by atoms with Crippen LogP contribution in [0.4, 0.5) is 5.69 Å². The zero-order valence-corrected chi connectivity index (χ0v) is 15.6. The highest BCUT2D eigenvalue weighted by Gasteiger charge is 2.27. The molecule has 0 saturated heterocycles. The van der Waals surface area contributed by atoms with Crippen LogP contribution in [-0.2, 0) is 11.3 Å². The number of aromatic nitrogens is 2. The fraction of sp³-hybridized carbons (Fsp3) is 0.300. The molecule has 0 bridgehead atoms. The highest BCUT2D eigenvalue weighted by atomic mass is 16.8. The average molecular weight is 382 g/mol. The molecular formula is C20H20N3O5+. The Balaban J connectivity index is 1.72. The molecule has 0 fully saturated rings. The largest absolute Gasteiger partial charge is 0.487 e. The lowest BCUT2D eigenvalue weighted by molar-refractivity contribution is -0.736. The standard InChI is InChI=1S/C20H20N3O5/c1-3-27-18-10-7-12(11-16(18)23(25)26-2)20-21-19(22-28-20)15-6-4-5-14-13(15)8-9-17(14)24/h4-7,10-11,17,24H,3,8-9H2,1-2H3/q+1. The number of aliphatic hydroxyl groups is 1. The van der Waals surface area contributed by atoms with Crippen LogP contribution in [-0.4, -0.2) is 33.9 Å². The highest BCUT2D eigenvalue weighted by Crippen LogP contribution is 2.38. The van der Waals surface area contributed by atoms with Crippen LogP contribution in [0.5, 0.6) is 5.75 Å². The molecule has 3 aromatic rings. The molecule has 144 valence electrons. The Morgan fingerprint density at radius 3 is 2.96 bits per heavy atom. The monoisotopic (exact) mass is 382 g/mol. The SMILES string of the molecule is CCOc1ccc(-c2nc(-c3cccc4c3CCC4O)no2)cc1[N+](=O)OC. The second-order valence-electron chi connectivity index (χ2n) is 6.41. The maximum Gasteiger partial charge on any atom is 0.358 e. The summed E-state index contributed by atoms with van der Waals surface area (Å²) in [5, 5.41) is 14.2. The summed E-state index contributed by atoms with van der Waals surface area (Å²) in [5.74, 6) is 1.12. The van der Waals surface area contributed by atoms with Gasteiger partial charge in [0.05, 0.1) is 17.6 Å². The quantitative estimate of drug-likeness (QED) is 0.648. The van der Waals surface area contributed by atoms with Crippen molar-refractivity contribution in [2.24, 2.45) is 0 Å². The Kier molecular flexibility index (Phi) is 4.79. The third kappa shape index (κ3) is 3.11. The molecule has 1 unspecified atom stereocenters. The van der Waals surface area contributed by atoms with E-state index in [9.17, 15) is 10.0 Å². The normalized spacial score (nSPS) is 15.3. The van der Waals surface area contributed by atoms with Crippen LogP contribution in [0, 0.1) is 4.91 Å². The molecular weight excluding hydrogens is 362 g/mol. The van der Waals surface area contributed by atoms with Crippen molar-refractivity contribution in [1.29, 1.82) is 0 Å². The van der Waals surface area contributed by atoms with Crippen LogP contribution in [0.15, 0.2) is 40.9 Å². The van der Waals surface area contributed by atoms with E-state index in [-0.39, 0.29) is 11.6 Å². The molecule has 1 N–H and O–H groups in total. The van der Waals surface area contributed by atoms with E-state index in [0.29, 0.717) is 35.1 Å². The minimum absolute atomic E-state index is 0.213. The van der Waals surface area contributed by atoms with Gasteiger partial charge in [0.25, 0.3) is 10.8 Å². The minimum atomic E-state index is -0.452. The molecule has 4 rings (SSSR count). The molecule has 2 aromatic carbocycles. The van der Waals surface area contributed by atoms with E-state index < -0.39 is 6.10 Å². The van der Waals surface area contributed by atoms with Crippen LogP contribution in [0.25, 0.3) is 22.8 Å². The predicted octanol–water partition coefficient (Wildman–Crippen LogP) is 3.75. The van der Waals surface area contributed by atoms with Crippen molar-refractivity contribution >= 4 is 5.69 Å². The number of hydrogen-bond donors (Lipinski definition) is 1. The minimum Gasteiger partial charge on any atom is -0.487 e. The van der Waals surface area contributed by atoms with Gasteiger partial charge in [-0.15, -0.1) is 0 Å². The molecule has 0 radical (unpaired) electrons. The first-order valence-corrected chi connectivity index (χ1v) is 9.05. The van der Waals surface area contributed by atoms with Crippen molar-refractivity contribution in [3.63, 3.8) is 0 Å². The molecule has 0 spiro atoms. The van der Waals surface area contributed by atoms with Crippen molar-refractivity contribution in [1.82, 2.24) is 10.1 Å². The summed E-state index contributed by atoms with van der Waals surface area (Å²) in [4.78, 5) is 21.6. The van der Waals surface area contributed by atoms with E-state index in [1.807, 2.05) is 25.1 Å². The van der Waals surface area contributed by atoms with Crippen LogP contribution >= 0.6 is 0 Å². The number of ether oxygens (including phenoxy) is 1. The Labute approximate surface area is 161 Å². The summed E-state index contributed by atoms with van der Waals surface area (Å²) in [7, 11) is 1.28. The molecule has 1 aliphatic rings. The summed E-state index contributed by atoms with van der Waals surface area (Å²) in [6.45, 7) is 2.25. The first kappa shape index (κ1) is 18.1. The molecule has 8 nitrogen and oxygen atoms in total. The summed E-state index contributed by atoms with van der Waals surface area (Å²) in [6, 6.07) is 10.7. The summed E-state index contributed by atoms with van der Waals surface area (Å²) in [5.41, 5.74) is 3.58. The zero-order valence-electron chi connectivity index (χ0n) is 15.6. The van der Waals surface area contributed by atoms with Crippen LogP contribution < -0.4 is 4.74 Å². The average Bonchev–Trinajstić information content (AvgIpc) is 3.35. The van der Waals surface area contributed by atoms with Gasteiger partial charge in [0, 0.05) is 17.2 Å². The van der Waals surface area contributed by atoms with E-state index >= 15 is 0 Å². The van der Waals surface area contributed by atoms with E-state index in [0.717, 1.165) is 23.1 Å². The van der Waals surface area contributed by atoms with Crippen molar-refractivity contribution in [3.8, 4) is 28.6 Å². The van der Waals surface area contributed by atoms with Crippen molar-refractivity contribution in [2.45, 2.75) is 25.9 Å². The first-order valence-electron chi connectivity index (χ1n) is 9.05. The molecule has 28 heavy (non-hydrogen) atoms. The predicted molar refractivity (Wildman–Crippen MR) is 99.9 cm³/mol. The molecule has 0 aliphatic heterocycles. The van der Waals surface area contributed by atoms with Crippen LogP contribution in [0.3, 0.4) is 0 Å². The lowest BCUT2D eigenvalue weighted by atomic mass is 10.0. The fourth-order valence-corrected chi connectivity index (χ4v) is 3.46. The Bertz CT molecular complexity index is 1030. The first-order chi connectivity index (χ1) is 13.6. The smallest absolute Gasteiger partial charge is 0.358 e. The second-order valence-corrected chi connectivity index (χ2v) is 6.41. The summed E-state index contributed by atoms with van der Waals surface area (Å²) >= 11 is 0. The number of nitrogens with zero attached hydrogens (tertiary/aromatic N) is 3. The molecule has 1 aromatic heterocycles. The van der Waals surface area contributed by atoms with Gasteiger partial charge in [-0.1, -0.05) is 23.4 Å². The second kappa shape index (κ2) is 7.40. The molecule has 1 atom stereocenters. The number of fused-ring (bicyclic) bond motifs is 1. The highest BCUT2D eigenvalue weighted by molar-refractivity contribution is 5.67. The lowest BCUT2D eigenvalue weighted by Gasteiger charge is -2.05. The van der Waals surface area contributed by atoms with Gasteiger partial charge in [-0.25, -0.2) is 4.84 Å². The number of aliphatic hydroxyl groups excluding tert-OH is 1. The van der Waals surface area contributed by atoms with Gasteiger partial charge < -0.3 is 14.4 Å². The lowest BCUT2D eigenvalue weighted by Crippen LogP contribution is -2.02. The number of benzene rings is 2. The van der Waals surface area contributed by atoms with Gasteiger partial charge in [-0.3, -0.25) is 0 Å². The van der Waals surface area contributed by atoms with Crippen molar-refractivity contribution < 1.29 is 24.1 Å². The van der Waals surface area contributed by atoms with Crippen molar-refractivity contribution in [2.75, 3.05) is 13.7 Å². The number of rotatable bonds is 6. The van der Waals surface area contributed by atoms with Gasteiger partial charge in [-0.2, -0.15) is 4.98 Å². The van der Waals surface area contributed by atoms with Gasteiger partial charge >= 0.3 is 5.69 Å². The van der Waals surface area contributed by atoms with Crippen LogP contribution in [0.2, 0.25) is 0 Å². The van der Waals surface area contributed by atoms with Gasteiger partial charge in [0.2, 0.25) is 11.6 Å². The maximum absolute atomic E-state index is 12.0. The Morgan fingerprint density at radius 1 is 1.32 bits per heavy atom. The van der Waals surface area contributed by atoms with E-state index in [4.69, 9.17) is 14.1 Å². The van der Waals surface area contributed by atoms with Crippen LogP contribution in [0.1, 0.15) is 30.6 Å².